The molecule has 4 rings (SSSR count). The van der Waals surface area contributed by atoms with Gasteiger partial charge in [0.1, 0.15) is 17.2 Å². The van der Waals surface area contributed by atoms with Gasteiger partial charge in [0.25, 0.3) is 0 Å². The van der Waals surface area contributed by atoms with E-state index in [0.717, 1.165) is 21.8 Å². The number of fused-ring (bicyclic) bond motifs is 3. The zero-order chi connectivity index (χ0) is 14.4. The van der Waals surface area contributed by atoms with Gasteiger partial charge in [0, 0.05) is 10.8 Å². The summed E-state index contributed by atoms with van der Waals surface area (Å²) in [4.78, 5) is 0. The fraction of sp³-hybridized carbons (Fsp3) is 0. The summed E-state index contributed by atoms with van der Waals surface area (Å²) in [5, 5.41) is 22.6. The molecular formula is C18H13NO2. The molecule has 0 radical (unpaired) electrons. The minimum Gasteiger partial charge on any atom is -0.506 e. The molecule has 0 saturated carbocycles. The molecule has 1 aromatic heterocycles. The Morgan fingerprint density at radius 2 is 1.05 bits per heavy atom. The molecule has 0 aliphatic carbocycles. The molecule has 3 nitrogen and oxygen atoms in total. The second kappa shape index (κ2) is 4.28. The van der Waals surface area contributed by atoms with Gasteiger partial charge in [-0.15, -0.1) is 0 Å². The fourth-order valence-electron chi connectivity index (χ4n) is 2.91. The van der Waals surface area contributed by atoms with E-state index in [4.69, 9.17) is 0 Å². The van der Waals surface area contributed by atoms with Gasteiger partial charge < -0.3 is 14.8 Å². The Bertz CT molecular complexity index is 896. The Balaban J connectivity index is 2.26. The SMILES string of the molecule is Oc1cccc(O)c1-n1c2ccccc2c2ccccc21. The maximum atomic E-state index is 10.2. The average Bonchev–Trinajstić information content (AvgIpc) is 2.83. The third-order valence-electron chi connectivity index (χ3n) is 3.80. The van der Waals surface area contributed by atoms with Crippen LogP contribution in [0.15, 0.2) is 66.7 Å². The molecule has 0 aliphatic heterocycles. The third-order valence-corrected chi connectivity index (χ3v) is 3.80. The summed E-state index contributed by atoms with van der Waals surface area (Å²) >= 11 is 0. The first kappa shape index (κ1) is 11.9. The van der Waals surface area contributed by atoms with Crippen LogP contribution < -0.4 is 0 Å². The summed E-state index contributed by atoms with van der Waals surface area (Å²) in [6.07, 6.45) is 0. The number of rotatable bonds is 1. The Morgan fingerprint density at radius 1 is 0.571 bits per heavy atom. The van der Waals surface area contributed by atoms with E-state index in [2.05, 4.69) is 0 Å². The summed E-state index contributed by atoms with van der Waals surface area (Å²) in [7, 11) is 0. The van der Waals surface area contributed by atoms with Crippen molar-refractivity contribution < 1.29 is 10.2 Å². The lowest BCUT2D eigenvalue weighted by Crippen LogP contribution is -1.94. The van der Waals surface area contributed by atoms with Crippen molar-refractivity contribution in [3.05, 3.63) is 66.7 Å². The minimum atomic E-state index is 0.0570. The predicted octanol–water partition coefficient (Wildman–Crippen LogP) is 4.19. The van der Waals surface area contributed by atoms with Gasteiger partial charge in [0.2, 0.25) is 0 Å². The molecule has 3 aromatic carbocycles. The Morgan fingerprint density at radius 3 is 1.57 bits per heavy atom. The normalized spacial score (nSPS) is 11.2. The number of benzene rings is 3. The molecule has 21 heavy (non-hydrogen) atoms. The summed E-state index contributed by atoms with van der Waals surface area (Å²) in [6, 6.07) is 20.7. The fourth-order valence-corrected chi connectivity index (χ4v) is 2.91. The lowest BCUT2D eigenvalue weighted by Gasteiger charge is -2.11. The highest BCUT2D eigenvalue weighted by atomic mass is 16.3. The maximum Gasteiger partial charge on any atom is 0.143 e. The number of aromatic hydroxyl groups is 2. The maximum absolute atomic E-state index is 10.2. The number of hydrogen-bond acceptors (Lipinski definition) is 2. The molecule has 0 unspecified atom stereocenters. The Kier molecular flexibility index (Phi) is 2.42. The van der Waals surface area contributed by atoms with Gasteiger partial charge in [0.05, 0.1) is 11.0 Å². The summed E-state index contributed by atoms with van der Waals surface area (Å²) in [5.74, 6) is 0.114. The number of nitrogens with zero attached hydrogens (tertiary/aromatic N) is 1. The van der Waals surface area contributed by atoms with Crippen molar-refractivity contribution in [1.29, 1.82) is 0 Å². The van der Waals surface area contributed by atoms with E-state index in [1.54, 1.807) is 18.2 Å². The highest BCUT2D eigenvalue weighted by molar-refractivity contribution is 6.09. The van der Waals surface area contributed by atoms with Crippen LogP contribution in [0.25, 0.3) is 27.5 Å². The van der Waals surface area contributed by atoms with Gasteiger partial charge in [-0.2, -0.15) is 0 Å². The lowest BCUT2D eigenvalue weighted by atomic mass is 10.2. The van der Waals surface area contributed by atoms with Gasteiger partial charge in [0.15, 0.2) is 0 Å². The van der Waals surface area contributed by atoms with Gasteiger partial charge in [-0.3, -0.25) is 0 Å². The van der Waals surface area contributed by atoms with Crippen molar-refractivity contribution in [1.82, 2.24) is 4.57 Å². The van der Waals surface area contributed by atoms with Gasteiger partial charge in [-0.25, -0.2) is 0 Å². The van der Waals surface area contributed by atoms with Gasteiger partial charge in [-0.05, 0) is 24.3 Å². The number of aromatic nitrogens is 1. The number of phenolic OH excluding ortho intramolecular Hbond substituents is 2. The van der Waals surface area contributed by atoms with Crippen molar-refractivity contribution in [2.75, 3.05) is 0 Å². The highest BCUT2D eigenvalue weighted by Crippen LogP contribution is 2.38. The van der Waals surface area contributed by atoms with Gasteiger partial charge >= 0.3 is 0 Å². The van der Waals surface area contributed by atoms with Crippen molar-refractivity contribution in [2.45, 2.75) is 0 Å². The minimum absolute atomic E-state index is 0.0570. The van der Waals surface area contributed by atoms with Crippen LogP contribution in [0, 0.1) is 0 Å². The zero-order valence-corrected chi connectivity index (χ0v) is 11.2. The van der Waals surface area contributed by atoms with Crippen molar-refractivity contribution in [2.24, 2.45) is 0 Å². The van der Waals surface area contributed by atoms with Crippen LogP contribution in [-0.4, -0.2) is 14.8 Å². The van der Waals surface area contributed by atoms with Crippen LogP contribution in [0.3, 0.4) is 0 Å². The first-order valence-corrected chi connectivity index (χ1v) is 6.77. The standard InChI is InChI=1S/C18H13NO2/c20-16-10-5-11-17(21)18(16)19-14-8-3-1-6-12(14)13-7-2-4-9-15(13)19/h1-11,20-21H. The molecule has 0 aliphatic rings. The number of hydrogen-bond donors (Lipinski definition) is 2. The monoisotopic (exact) mass is 275 g/mol. The van der Waals surface area contributed by atoms with E-state index in [1.807, 2.05) is 53.1 Å². The van der Waals surface area contributed by atoms with Crippen LogP contribution in [-0.2, 0) is 0 Å². The molecule has 0 saturated heterocycles. The lowest BCUT2D eigenvalue weighted by molar-refractivity contribution is 0.447. The van der Waals surface area contributed by atoms with Crippen LogP contribution in [0.2, 0.25) is 0 Å². The molecule has 0 amide bonds. The molecule has 0 atom stereocenters. The Hall–Kier alpha value is -2.94. The van der Waals surface area contributed by atoms with Gasteiger partial charge in [-0.1, -0.05) is 42.5 Å². The molecule has 0 fully saturated rings. The first-order chi connectivity index (χ1) is 10.3. The van der Waals surface area contributed by atoms with Crippen molar-refractivity contribution in [3.8, 4) is 17.2 Å². The van der Waals surface area contributed by atoms with E-state index in [-0.39, 0.29) is 11.5 Å². The zero-order valence-electron chi connectivity index (χ0n) is 11.2. The topological polar surface area (TPSA) is 45.4 Å². The van der Waals surface area contributed by atoms with E-state index in [1.165, 1.54) is 0 Å². The molecule has 102 valence electrons. The Labute approximate surface area is 121 Å². The number of phenols is 2. The molecule has 2 N–H and O–H groups in total. The van der Waals surface area contributed by atoms with E-state index in [9.17, 15) is 10.2 Å². The van der Waals surface area contributed by atoms with Crippen molar-refractivity contribution in [3.63, 3.8) is 0 Å². The molecule has 0 bridgehead atoms. The molecule has 3 heteroatoms. The molecular weight excluding hydrogens is 262 g/mol. The van der Waals surface area contributed by atoms with Crippen LogP contribution in [0.1, 0.15) is 0 Å². The summed E-state index contributed by atoms with van der Waals surface area (Å²) < 4.78 is 1.90. The average molecular weight is 275 g/mol. The predicted molar refractivity (Wildman–Crippen MR) is 84.1 cm³/mol. The smallest absolute Gasteiger partial charge is 0.143 e. The second-order valence-corrected chi connectivity index (χ2v) is 5.01. The summed E-state index contributed by atoms with van der Waals surface area (Å²) in [6.45, 7) is 0. The van der Waals surface area contributed by atoms with Crippen LogP contribution in [0.5, 0.6) is 11.5 Å². The molecule has 4 aromatic rings. The molecule has 1 heterocycles. The number of para-hydroxylation sites is 3. The van der Waals surface area contributed by atoms with Crippen LogP contribution in [0.4, 0.5) is 0 Å². The summed E-state index contributed by atoms with van der Waals surface area (Å²) in [5.41, 5.74) is 2.32. The van der Waals surface area contributed by atoms with Crippen LogP contribution >= 0.6 is 0 Å². The van der Waals surface area contributed by atoms with E-state index < -0.39 is 0 Å². The van der Waals surface area contributed by atoms with E-state index in [0.29, 0.717) is 5.69 Å². The second-order valence-electron chi connectivity index (χ2n) is 5.01. The quantitative estimate of drug-likeness (QED) is 0.547. The largest absolute Gasteiger partial charge is 0.506 e. The van der Waals surface area contributed by atoms with E-state index >= 15 is 0 Å². The first-order valence-electron chi connectivity index (χ1n) is 6.77. The van der Waals surface area contributed by atoms with Crippen molar-refractivity contribution >= 4 is 21.8 Å². The third kappa shape index (κ3) is 1.61. The molecule has 0 spiro atoms. The highest BCUT2D eigenvalue weighted by Gasteiger charge is 2.16.